The normalized spacial score (nSPS) is 12.2. The molecule has 0 saturated heterocycles. The molecule has 0 unspecified atom stereocenters. The summed E-state index contributed by atoms with van der Waals surface area (Å²) in [7, 11) is -7.01. The van der Waals surface area contributed by atoms with E-state index in [4.69, 9.17) is 0 Å². The first kappa shape index (κ1) is 22.8. The van der Waals surface area contributed by atoms with Gasteiger partial charge in [-0.15, -0.1) is 0 Å². The minimum Gasteiger partial charge on any atom is -0.355 e. The second-order valence-corrected chi connectivity index (χ2v) is 11.6. The van der Waals surface area contributed by atoms with Crippen LogP contribution in [0.3, 0.4) is 0 Å². The molecule has 0 saturated carbocycles. The number of sulfonamides is 1. The molecule has 0 fully saturated rings. The van der Waals surface area contributed by atoms with Crippen LogP contribution in [0.5, 0.6) is 0 Å². The Balaban J connectivity index is 1.50. The molecule has 0 aliphatic carbocycles. The van der Waals surface area contributed by atoms with Gasteiger partial charge in [-0.2, -0.15) is 5.10 Å². The van der Waals surface area contributed by atoms with E-state index in [1.54, 1.807) is 61.1 Å². The third-order valence-electron chi connectivity index (χ3n) is 4.60. The SMILES string of the molecule is CC(C)S(=O)(=O)c1ccc(CC(=O)NCCS(=O)(=O)Nc2ccn3nccc3c2)cc1. The van der Waals surface area contributed by atoms with Gasteiger partial charge >= 0.3 is 0 Å². The molecule has 0 radical (unpaired) electrons. The van der Waals surface area contributed by atoms with E-state index in [0.29, 0.717) is 11.3 Å². The average Bonchev–Trinajstić information content (AvgIpc) is 3.15. The van der Waals surface area contributed by atoms with Crippen LogP contribution in [0, 0.1) is 0 Å². The number of amides is 1. The van der Waals surface area contributed by atoms with Crippen molar-refractivity contribution in [1.82, 2.24) is 14.9 Å². The van der Waals surface area contributed by atoms with Crippen molar-refractivity contribution in [1.29, 1.82) is 0 Å². The number of rotatable bonds is 9. The van der Waals surface area contributed by atoms with E-state index in [9.17, 15) is 21.6 Å². The maximum atomic E-state index is 12.3. The molecule has 1 amide bonds. The van der Waals surface area contributed by atoms with Crippen molar-refractivity contribution < 1.29 is 21.6 Å². The topological polar surface area (TPSA) is 127 Å². The Morgan fingerprint density at radius 1 is 1.06 bits per heavy atom. The number of aromatic nitrogens is 2. The molecule has 11 heteroatoms. The van der Waals surface area contributed by atoms with E-state index >= 15 is 0 Å². The number of nitrogens with one attached hydrogen (secondary N) is 2. The van der Waals surface area contributed by atoms with Gasteiger partial charge in [0.2, 0.25) is 15.9 Å². The van der Waals surface area contributed by atoms with Gasteiger partial charge in [-0.3, -0.25) is 9.52 Å². The molecular weight excluding hydrogens is 440 g/mol. The molecule has 2 N–H and O–H groups in total. The lowest BCUT2D eigenvalue weighted by Gasteiger charge is -2.10. The number of anilines is 1. The molecule has 0 spiro atoms. The Bertz CT molecular complexity index is 1280. The van der Waals surface area contributed by atoms with Crippen LogP contribution in [0.4, 0.5) is 5.69 Å². The summed E-state index contributed by atoms with van der Waals surface area (Å²) >= 11 is 0. The van der Waals surface area contributed by atoms with Crippen molar-refractivity contribution in [3.05, 3.63) is 60.4 Å². The van der Waals surface area contributed by atoms with E-state index in [-0.39, 0.29) is 29.5 Å². The average molecular weight is 465 g/mol. The maximum Gasteiger partial charge on any atom is 0.234 e. The van der Waals surface area contributed by atoms with Crippen LogP contribution < -0.4 is 10.0 Å². The minimum absolute atomic E-state index is 0.0212. The molecule has 3 aromatic rings. The van der Waals surface area contributed by atoms with Gasteiger partial charge in [0.05, 0.1) is 33.5 Å². The monoisotopic (exact) mass is 464 g/mol. The Morgan fingerprint density at radius 2 is 1.77 bits per heavy atom. The number of pyridine rings is 1. The molecule has 0 bridgehead atoms. The van der Waals surface area contributed by atoms with Gasteiger partial charge in [-0.05, 0) is 49.7 Å². The molecule has 1 aromatic carbocycles. The molecule has 166 valence electrons. The molecule has 0 aliphatic heterocycles. The number of hydrogen-bond acceptors (Lipinski definition) is 6. The van der Waals surface area contributed by atoms with Gasteiger partial charge in [-0.1, -0.05) is 12.1 Å². The molecule has 2 aromatic heterocycles. The summed E-state index contributed by atoms with van der Waals surface area (Å²) in [4.78, 5) is 12.3. The molecule has 9 nitrogen and oxygen atoms in total. The fourth-order valence-electron chi connectivity index (χ4n) is 2.86. The second kappa shape index (κ2) is 9.06. The Hall–Kier alpha value is -2.92. The van der Waals surface area contributed by atoms with Gasteiger partial charge in [0, 0.05) is 18.9 Å². The number of fused-ring (bicyclic) bond motifs is 1. The molecule has 2 heterocycles. The first-order chi connectivity index (χ1) is 14.6. The van der Waals surface area contributed by atoms with Crippen LogP contribution in [-0.2, 0) is 31.1 Å². The van der Waals surface area contributed by atoms with Crippen molar-refractivity contribution in [2.24, 2.45) is 0 Å². The lowest BCUT2D eigenvalue weighted by Crippen LogP contribution is -2.32. The number of sulfone groups is 1. The lowest BCUT2D eigenvalue weighted by atomic mass is 10.1. The summed E-state index contributed by atoms with van der Waals surface area (Å²) in [5.74, 6) is -0.635. The summed E-state index contributed by atoms with van der Waals surface area (Å²) in [5, 5.41) is 6.09. The quantitative estimate of drug-likeness (QED) is 0.495. The highest BCUT2D eigenvalue weighted by Gasteiger charge is 2.19. The fourth-order valence-corrected chi connectivity index (χ4v) is 4.88. The Kier molecular flexibility index (Phi) is 6.65. The fraction of sp³-hybridized carbons (Fsp3) is 0.300. The predicted octanol–water partition coefficient (Wildman–Crippen LogP) is 1.62. The zero-order chi connectivity index (χ0) is 22.6. The highest BCUT2D eigenvalue weighted by Crippen LogP contribution is 2.17. The van der Waals surface area contributed by atoms with Crippen molar-refractivity contribution in [2.75, 3.05) is 17.0 Å². The summed E-state index contributed by atoms with van der Waals surface area (Å²) in [6.45, 7) is 3.16. The smallest absolute Gasteiger partial charge is 0.234 e. The van der Waals surface area contributed by atoms with Crippen LogP contribution in [0.1, 0.15) is 19.4 Å². The van der Waals surface area contributed by atoms with Crippen LogP contribution in [-0.4, -0.2) is 49.9 Å². The minimum atomic E-state index is -3.65. The Morgan fingerprint density at radius 3 is 2.45 bits per heavy atom. The molecule has 31 heavy (non-hydrogen) atoms. The van der Waals surface area contributed by atoms with Crippen molar-refractivity contribution >= 4 is 37.0 Å². The van der Waals surface area contributed by atoms with E-state index in [2.05, 4.69) is 15.1 Å². The van der Waals surface area contributed by atoms with Gasteiger partial charge in [0.1, 0.15) is 0 Å². The van der Waals surface area contributed by atoms with Gasteiger partial charge in [0.25, 0.3) is 0 Å². The first-order valence-electron chi connectivity index (χ1n) is 9.60. The summed E-state index contributed by atoms with van der Waals surface area (Å²) in [5.41, 5.74) is 1.80. The summed E-state index contributed by atoms with van der Waals surface area (Å²) in [6, 6.07) is 11.1. The van der Waals surface area contributed by atoms with Crippen LogP contribution in [0.15, 0.2) is 59.8 Å². The van der Waals surface area contributed by atoms with Crippen molar-refractivity contribution in [3.8, 4) is 0 Å². The van der Waals surface area contributed by atoms with Crippen molar-refractivity contribution in [2.45, 2.75) is 30.4 Å². The lowest BCUT2D eigenvalue weighted by molar-refractivity contribution is -0.120. The predicted molar refractivity (Wildman–Crippen MR) is 118 cm³/mol. The molecular formula is C20H24N4O5S2. The van der Waals surface area contributed by atoms with E-state index < -0.39 is 25.1 Å². The molecule has 3 rings (SSSR count). The molecule has 0 aliphatic rings. The van der Waals surface area contributed by atoms with E-state index in [0.717, 1.165) is 5.52 Å². The summed E-state index contributed by atoms with van der Waals surface area (Å²) < 4.78 is 52.9. The van der Waals surface area contributed by atoms with E-state index in [1.807, 2.05) is 0 Å². The third-order valence-corrected chi connectivity index (χ3v) is 8.06. The van der Waals surface area contributed by atoms with Crippen LogP contribution >= 0.6 is 0 Å². The zero-order valence-corrected chi connectivity index (χ0v) is 18.8. The third kappa shape index (κ3) is 5.82. The number of carbonyl (C=O) groups is 1. The highest BCUT2D eigenvalue weighted by atomic mass is 32.2. The second-order valence-electron chi connectivity index (χ2n) is 7.30. The number of carbonyl (C=O) groups excluding carboxylic acids is 1. The summed E-state index contributed by atoms with van der Waals surface area (Å²) in [6.07, 6.45) is 3.28. The Labute approximate surface area is 181 Å². The van der Waals surface area contributed by atoms with Crippen LogP contribution in [0.25, 0.3) is 5.52 Å². The number of nitrogens with zero attached hydrogens (tertiary/aromatic N) is 2. The van der Waals surface area contributed by atoms with Crippen molar-refractivity contribution in [3.63, 3.8) is 0 Å². The first-order valence-corrected chi connectivity index (χ1v) is 12.8. The molecule has 0 atom stereocenters. The van der Waals surface area contributed by atoms with Crippen LogP contribution in [0.2, 0.25) is 0 Å². The van der Waals surface area contributed by atoms with Gasteiger partial charge in [0.15, 0.2) is 9.84 Å². The highest BCUT2D eigenvalue weighted by molar-refractivity contribution is 7.92. The van der Waals surface area contributed by atoms with Gasteiger partial charge in [-0.25, -0.2) is 21.4 Å². The number of hydrogen-bond donors (Lipinski definition) is 2. The largest absolute Gasteiger partial charge is 0.355 e. The number of benzene rings is 1. The van der Waals surface area contributed by atoms with E-state index in [1.165, 1.54) is 12.1 Å². The van der Waals surface area contributed by atoms with Gasteiger partial charge < -0.3 is 5.32 Å². The zero-order valence-electron chi connectivity index (χ0n) is 17.1. The maximum absolute atomic E-state index is 12.3. The standard InChI is InChI=1S/C20H24N4O5S2/c1-15(2)31(28,29)19-5-3-16(4-6-19)13-20(25)21-10-12-30(26,27)23-17-8-11-24-18(14-17)7-9-22-24/h3-9,11,14-15,23H,10,12-13H2,1-2H3,(H,21,25).